The zero-order valence-electron chi connectivity index (χ0n) is 14.0. The Morgan fingerprint density at radius 1 is 1.17 bits per heavy atom. The maximum Gasteiger partial charge on any atom is 0.257 e. The average Bonchev–Trinajstić information content (AvgIpc) is 2.61. The standard InChI is InChI=1S/C20H22N2O2/c1-15(14-16-8-4-3-5-9-16)19-21-18-11-7-6-10-17(18)20(23)22(19)12-13-24-2/h3-11,14,19,21H,12-13H2,1-2H3/b15-14+. The first kappa shape index (κ1) is 16.3. The molecule has 2 aromatic rings. The molecule has 4 nitrogen and oxygen atoms in total. The molecule has 1 unspecified atom stereocenters. The molecular weight excluding hydrogens is 300 g/mol. The van der Waals surface area contributed by atoms with E-state index >= 15 is 0 Å². The molecule has 124 valence electrons. The largest absolute Gasteiger partial charge is 0.383 e. The average molecular weight is 322 g/mol. The molecule has 1 amide bonds. The highest BCUT2D eigenvalue weighted by Gasteiger charge is 2.32. The molecule has 2 aromatic carbocycles. The summed E-state index contributed by atoms with van der Waals surface area (Å²) in [6.07, 6.45) is 1.93. The lowest BCUT2D eigenvalue weighted by molar-refractivity contribution is 0.0642. The van der Waals surface area contributed by atoms with Crippen LogP contribution in [0.4, 0.5) is 5.69 Å². The predicted octanol–water partition coefficient (Wildman–Crippen LogP) is 3.63. The molecule has 0 radical (unpaired) electrons. The van der Waals surface area contributed by atoms with Crippen molar-refractivity contribution in [3.63, 3.8) is 0 Å². The predicted molar refractivity (Wildman–Crippen MR) is 96.9 cm³/mol. The molecule has 0 bridgehead atoms. The van der Waals surface area contributed by atoms with Crippen LogP contribution in [0.5, 0.6) is 0 Å². The highest BCUT2D eigenvalue weighted by Crippen LogP contribution is 2.28. The minimum Gasteiger partial charge on any atom is -0.383 e. The quantitative estimate of drug-likeness (QED) is 0.914. The summed E-state index contributed by atoms with van der Waals surface area (Å²) in [6.45, 7) is 3.09. The summed E-state index contributed by atoms with van der Waals surface area (Å²) in [5.41, 5.74) is 3.79. The van der Waals surface area contributed by atoms with Crippen molar-refractivity contribution in [2.75, 3.05) is 25.6 Å². The van der Waals surface area contributed by atoms with Crippen LogP contribution in [0.1, 0.15) is 22.8 Å². The molecule has 0 spiro atoms. The second-order valence-corrected chi connectivity index (χ2v) is 5.88. The number of benzene rings is 2. The molecule has 0 fully saturated rings. The third-order valence-corrected chi connectivity index (χ3v) is 4.18. The van der Waals surface area contributed by atoms with Crippen molar-refractivity contribution < 1.29 is 9.53 Å². The van der Waals surface area contributed by atoms with E-state index in [1.54, 1.807) is 7.11 Å². The number of rotatable bonds is 5. The number of hydrogen-bond donors (Lipinski definition) is 1. The van der Waals surface area contributed by atoms with Crippen LogP contribution in [0.2, 0.25) is 0 Å². The minimum absolute atomic E-state index is 0.0345. The number of amides is 1. The molecule has 1 aliphatic rings. The Hall–Kier alpha value is -2.59. The molecule has 0 saturated carbocycles. The number of anilines is 1. The molecule has 3 rings (SSSR count). The second-order valence-electron chi connectivity index (χ2n) is 5.88. The fourth-order valence-electron chi connectivity index (χ4n) is 2.96. The maximum absolute atomic E-state index is 12.9. The van der Waals surface area contributed by atoms with Gasteiger partial charge in [0, 0.05) is 19.3 Å². The van der Waals surface area contributed by atoms with Gasteiger partial charge in [0.25, 0.3) is 5.91 Å². The molecular formula is C20H22N2O2. The van der Waals surface area contributed by atoms with Gasteiger partial charge in [-0.2, -0.15) is 0 Å². The smallest absolute Gasteiger partial charge is 0.257 e. The van der Waals surface area contributed by atoms with Gasteiger partial charge in [0.15, 0.2) is 0 Å². The summed E-state index contributed by atoms with van der Waals surface area (Å²) < 4.78 is 5.19. The van der Waals surface area contributed by atoms with Gasteiger partial charge >= 0.3 is 0 Å². The van der Waals surface area contributed by atoms with Crippen LogP contribution in [0.25, 0.3) is 6.08 Å². The molecule has 0 aliphatic carbocycles. The minimum atomic E-state index is -0.178. The molecule has 24 heavy (non-hydrogen) atoms. The summed E-state index contributed by atoms with van der Waals surface area (Å²) in [5.74, 6) is 0.0345. The van der Waals surface area contributed by atoms with E-state index in [1.807, 2.05) is 54.3 Å². The lowest BCUT2D eigenvalue weighted by Crippen LogP contribution is -2.50. The molecule has 0 aromatic heterocycles. The Morgan fingerprint density at radius 2 is 1.88 bits per heavy atom. The Labute approximate surface area is 142 Å². The van der Waals surface area contributed by atoms with Crippen LogP contribution < -0.4 is 5.32 Å². The molecule has 1 aliphatic heterocycles. The number of fused-ring (bicyclic) bond motifs is 1. The van der Waals surface area contributed by atoms with Gasteiger partial charge in [0.2, 0.25) is 0 Å². The topological polar surface area (TPSA) is 41.6 Å². The first-order valence-corrected chi connectivity index (χ1v) is 8.09. The number of para-hydroxylation sites is 1. The van der Waals surface area contributed by atoms with Crippen LogP contribution in [-0.2, 0) is 4.74 Å². The van der Waals surface area contributed by atoms with Gasteiger partial charge in [-0.05, 0) is 30.2 Å². The zero-order valence-corrected chi connectivity index (χ0v) is 14.0. The van der Waals surface area contributed by atoms with Gasteiger partial charge in [0.1, 0.15) is 6.17 Å². The summed E-state index contributed by atoms with van der Waals surface area (Å²) >= 11 is 0. The Bertz CT molecular complexity index is 740. The zero-order chi connectivity index (χ0) is 16.9. The van der Waals surface area contributed by atoms with Crippen molar-refractivity contribution in [2.24, 2.45) is 0 Å². The number of ether oxygens (including phenoxy) is 1. The molecule has 1 heterocycles. The first-order valence-electron chi connectivity index (χ1n) is 8.09. The highest BCUT2D eigenvalue weighted by atomic mass is 16.5. The van der Waals surface area contributed by atoms with E-state index in [4.69, 9.17) is 4.74 Å². The van der Waals surface area contributed by atoms with Gasteiger partial charge in [-0.15, -0.1) is 0 Å². The summed E-state index contributed by atoms with van der Waals surface area (Å²) in [7, 11) is 1.65. The number of methoxy groups -OCH3 is 1. The summed E-state index contributed by atoms with van der Waals surface area (Å²) in [6, 6.07) is 17.8. The number of carbonyl (C=O) groups is 1. The van der Waals surface area contributed by atoms with Crippen molar-refractivity contribution in [3.8, 4) is 0 Å². The Kier molecular flexibility index (Phi) is 4.96. The number of nitrogens with zero attached hydrogens (tertiary/aromatic N) is 1. The normalized spacial score (nSPS) is 17.4. The summed E-state index contributed by atoms with van der Waals surface area (Å²) in [4.78, 5) is 14.7. The van der Waals surface area contributed by atoms with E-state index < -0.39 is 0 Å². The SMILES string of the molecule is COCCN1C(=O)c2ccccc2NC1/C(C)=C/c1ccccc1. The van der Waals surface area contributed by atoms with Gasteiger partial charge in [-0.25, -0.2) is 0 Å². The van der Waals surface area contributed by atoms with Crippen molar-refractivity contribution in [1.29, 1.82) is 0 Å². The highest BCUT2D eigenvalue weighted by molar-refractivity contribution is 6.02. The van der Waals surface area contributed by atoms with Crippen molar-refractivity contribution in [2.45, 2.75) is 13.1 Å². The molecule has 1 N–H and O–H groups in total. The molecule has 0 saturated heterocycles. The molecule has 4 heteroatoms. The first-order chi connectivity index (χ1) is 11.7. The van der Waals surface area contributed by atoms with Crippen molar-refractivity contribution >= 4 is 17.7 Å². The van der Waals surface area contributed by atoms with Crippen LogP contribution in [0, 0.1) is 0 Å². The lowest BCUT2D eigenvalue weighted by Gasteiger charge is -2.38. The molecule has 1 atom stereocenters. The maximum atomic E-state index is 12.9. The number of nitrogens with one attached hydrogen (secondary N) is 1. The van der Waals surface area contributed by atoms with E-state index in [0.717, 1.165) is 16.8 Å². The van der Waals surface area contributed by atoms with Gasteiger partial charge in [0.05, 0.1) is 12.2 Å². The van der Waals surface area contributed by atoms with Gasteiger partial charge in [-0.1, -0.05) is 48.5 Å². The fourth-order valence-corrected chi connectivity index (χ4v) is 2.96. The second kappa shape index (κ2) is 7.32. The van der Waals surface area contributed by atoms with Crippen LogP contribution >= 0.6 is 0 Å². The lowest BCUT2D eigenvalue weighted by atomic mass is 10.0. The van der Waals surface area contributed by atoms with E-state index in [9.17, 15) is 4.79 Å². The van der Waals surface area contributed by atoms with Crippen LogP contribution in [0.15, 0.2) is 60.2 Å². The van der Waals surface area contributed by atoms with Gasteiger partial charge in [-0.3, -0.25) is 4.79 Å². The van der Waals surface area contributed by atoms with E-state index in [2.05, 4.69) is 23.5 Å². The van der Waals surface area contributed by atoms with E-state index in [-0.39, 0.29) is 12.1 Å². The number of carbonyl (C=O) groups excluding carboxylic acids is 1. The fraction of sp³-hybridized carbons (Fsp3) is 0.250. The van der Waals surface area contributed by atoms with Crippen molar-refractivity contribution in [1.82, 2.24) is 4.90 Å². The van der Waals surface area contributed by atoms with E-state index in [1.165, 1.54) is 0 Å². The Morgan fingerprint density at radius 3 is 2.62 bits per heavy atom. The van der Waals surface area contributed by atoms with Gasteiger partial charge < -0.3 is 15.0 Å². The monoisotopic (exact) mass is 322 g/mol. The van der Waals surface area contributed by atoms with Crippen molar-refractivity contribution in [3.05, 3.63) is 71.3 Å². The Balaban J connectivity index is 1.94. The number of hydrogen-bond acceptors (Lipinski definition) is 3. The summed E-state index contributed by atoms with van der Waals surface area (Å²) in [5, 5.41) is 3.49. The van der Waals surface area contributed by atoms with Crippen LogP contribution in [0.3, 0.4) is 0 Å². The van der Waals surface area contributed by atoms with Crippen LogP contribution in [-0.4, -0.2) is 37.2 Å². The third kappa shape index (κ3) is 3.34. The van der Waals surface area contributed by atoms with E-state index in [0.29, 0.717) is 18.7 Å². The third-order valence-electron chi connectivity index (χ3n) is 4.18.